The molecule has 0 fully saturated rings. The molecule has 1 aliphatic heterocycles. The van der Waals surface area contributed by atoms with E-state index in [9.17, 15) is 9.90 Å². The second-order valence-electron chi connectivity index (χ2n) is 4.41. The topological polar surface area (TPSA) is 49.3 Å². The minimum atomic E-state index is -0.161. The van der Waals surface area contributed by atoms with E-state index in [1.54, 1.807) is 36.4 Å². The molecule has 0 aliphatic carbocycles. The molecule has 2 aromatic rings. The molecule has 0 aromatic heterocycles. The maximum atomic E-state index is 12.0. The van der Waals surface area contributed by atoms with Crippen LogP contribution in [0.5, 0.6) is 5.75 Å². The number of phenols is 1. The lowest BCUT2D eigenvalue weighted by molar-refractivity contribution is -0.110. The van der Waals surface area contributed by atoms with Crippen LogP contribution in [0.3, 0.4) is 0 Å². The predicted octanol–water partition coefficient (Wildman–Crippen LogP) is 4.30. The second kappa shape index (κ2) is 4.96. The zero-order valence-electron chi connectivity index (χ0n) is 10.2. The number of phenolic OH excluding ortho intramolecular Hbond substituents is 1. The lowest BCUT2D eigenvalue weighted by Gasteiger charge is -2.01. The molecule has 2 aromatic carbocycles. The van der Waals surface area contributed by atoms with Gasteiger partial charge in [-0.15, -0.1) is 0 Å². The van der Waals surface area contributed by atoms with Crippen molar-refractivity contribution in [3.8, 4) is 5.75 Å². The Morgan fingerprint density at radius 2 is 2.00 bits per heavy atom. The highest BCUT2D eigenvalue weighted by atomic mass is 79.9. The van der Waals surface area contributed by atoms with Crippen LogP contribution in [-0.4, -0.2) is 11.0 Å². The average molecular weight is 351 g/mol. The van der Waals surface area contributed by atoms with E-state index in [-0.39, 0.29) is 11.7 Å². The highest BCUT2D eigenvalue weighted by molar-refractivity contribution is 9.10. The number of aromatic hydroxyl groups is 1. The lowest BCUT2D eigenvalue weighted by Crippen LogP contribution is -2.03. The van der Waals surface area contributed by atoms with Gasteiger partial charge in [0.25, 0.3) is 5.91 Å². The Kier molecular flexibility index (Phi) is 3.28. The first-order valence-electron chi connectivity index (χ1n) is 5.86. The van der Waals surface area contributed by atoms with E-state index in [1.165, 1.54) is 0 Å². The summed E-state index contributed by atoms with van der Waals surface area (Å²) in [4.78, 5) is 12.0. The minimum absolute atomic E-state index is 0.161. The fourth-order valence-electron chi connectivity index (χ4n) is 2.09. The number of carbonyl (C=O) groups is 1. The van der Waals surface area contributed by atoms with Crippen molar-refractivity contribution < 1.29 is 9.90 Å². The van der Waals surface area contributed by atoms with Gasteiger partial charge in [-0.3, -0.25) is 4.79 Å². The average Bonchev–Trinajstić information content (AvgIpc) is 2.69. The SMILES string of the molecule is O=C1Nc2cc(Cl)ccc2C1=Cc1ccc(O)c(Br)c1. The summed E-state index contributed by atoms with van der Waals surface area (Å²) in [7, 11) is 0. The van der Waals surface area contributed by atoms with Crippen molar-refractivity contribution in [3.63, 3.8) is 0 Å². The monoisotopic (exact) mass is 349 g/mol. The van der Waals surface area contributed by atoms with Gasteiger partial charge in [0.15, 0.2) is 0 Å². The summed E-state index contributed by atoms with van der Waals surface area (Å²) in [6, 6.07) is 10.4. The number of benzene rings is 2. The van der Waals surface area contributed by atoms with E-state index >= 15 is 0 Å². The molecule has 100 valence electrons. The van der Waals surface area contributed by atoms with E-state index in [2.05, 4.69) is 21.2 Å². The Morgan fingerprint density at radius 1 is 1.20 bits per heavy atom. The van der Waals surface area contributed by atoms with Crippen LogP contribution in [0.4, 0.5) is 5.69 Å². The first-order valence-corrected chi connectivity index (χ1v) is 7.03. The van der Waals surface area contributed by atoms with Gasteiger partial charge in [-0.25, -0.2) is 0 Å². The summed E-state index contributed by atoms with van der Waals surface area (Å²) in [6.45, 7) is 0. The van der Waals surface area contributed by atoms with Gasteiger partial charge in [0, 0.05) is 16.2 Å². The first kappa shape index (κ1) is 13.2. The van der Waals surface area contributed by atoms with Gasteiger partial charge < -0.3 is 10.4 Å². The van der Waals surface area contributed by atoms with E-state index in [4.69, 9.17) is 11.6 Å². The van der Waals surface area contributed by atoms with Crippen LogP contribution in [0.15, 0.2) is 40.9 Å². The maximum Gasteiger partial charge on any atom is 0.256 e. The summed E-state index contributed by atoms with van der Waals surface area (Å²) in [6.07, 6.45) is 1.78. The minimum Gasteiger partial charge on any atom is -0.507 e. The number of rotatable bonds is 1. The van der Waals surface area contributed by atoms with Crippen molar-refractivity contribution in [1.82, 2.24) is 0 Å². The van der Waals surface area contributed by atoms with Crippen molar-refractivity contribution in [2.75, 3.05) is 5.32 Å². The van der Waals surface area contributed by atoms with Crippen LogP contribution >= 0.6 is 27.5 Å². The van der Waals surface area contributed by atoms with E-state index in [0.29, 0.717) is 20.8 Å². The Balaban J connectivity index is 2.08. The number of fused-ring (bicyclic) bond motifs is 1. The van der Waals surface area contributed by atoms with Crippen LogP contribution in [0, 0.1) is 0 Å². The van der Waals surface area contributed by atoms with Crippen LogP contribution < -0.4 is 5.32 Å². The molecule has 1 amide bonds. The quantitative estimate of drug-likeness (QED) is 0.753. The maximum absolute atomic E-state index is 12.0. The standard InChI is InChI=1S/C15H9BrClNO2/c16-12-6-8(1-4-14(12)19)5-11-10-3-2-9(17)7-13(10)18-15(11)20/h1-7,19H,(H,18,20). The van der Waals surface area contributed by atoms with Crippen molar-refractivity contribution in [2.45, 2.75) is 0 Å². The summed E-state index contributed by atoms with van der Waals surface area (Å²) < 4.78 is 0.585. The van der Waals surface area contributed by atoms with Gasteiger partial charge in [-0.2, -0.15) is 0 Å². The van der Waals surface area contributed by atoms with Gasteiger partial charge in [-0.05, 0) is 51.8 Å². The molecule has 0 unspecified atom stereocenters. The zero-order chi connectivity index (χ0) is 14.3. The molecule has 0 saturated carbocycles. The molecule has 20 heavy (non-hydrogen) atoms. The van der Waals surface area contributed by atoms with Gasteiger partial charge in [0.05, 0.1) is 10.2 Å². The normalized spacial score (nSPS) is 15.3. The van der Waals surface area contributed by atoms with E-state index in [0.717, 1.165) is 11.1 Å². The second-order valence-corrected chi connectivity index (χ2v) is 5.70. The highest BCUT2D eigenvalue weighted by Crippen LogP contribution is 2.35. The number of anilines is 1. The third-order valence-electron chi connectivity index (χ3n) is 3.05. The fourth-order valence-corrected chi connectivity index (χ4v) is 2.66. The predicted molar refractivity (Wildman–Crippen MR) is 83.8 cm³/mol. The molecular weight excluding hydrogens is 342 g/mol. The largest absolute Gasteiger partial charge is 0.507 e. The molecule has 0 spiro atoms. The number of nitrogens with one attached hydrogen (secondary N) is 1. The Hall–Kier alpha value is -1.78. The smallest absolute Gasteiger partial charge is 0.256 e. The summed E-state index contributed by atoms with van der Waals surface area (Å²) in [5.41, 5.74) is 2.94. The number of hydrogen-bond acceptors (Lipinski definition) is 2. The molecular formula is C15H9BrClNO2. The molecule has 0 atom stereocenters. The highest BCUT2D eigenvalue weighted by Gasteiger charge is 2.24. The molecule has 5 heteroatoms. The molecule has 0 bridgehead atoms. The number of hydrogen-bond donors (Lipinski definition) is 2. The number of carbonyl (C=O) groups excluding carboxylic acids is 1. The summed E-state index contributed by atoms with van der Waals surface area (Å²) >= 11 is 9.17. The molecule has 3 nitrogen and oxygen atoms in total. The molecule has 3 rings (SSSR count). The molecule has 1 heterocycles. The van der Waals surface area contributed by atoms with Gasteiger partial charge >= 0.3 is 0 Å². The third kappa shape index (κ3) is 2.32. The Bertz CT molecular complexity index is 756. The molecule has 1 aliphatic rings. The number of halogens is 2. The van der Waals surface area contributed by atoms with Crippen molar-refractivity contribution in [2.24, 2.45) is 0 Å². The van der Waals surface area contributed by atoms with Crippen molar-refractivity contribution >= 4 is 50.8 Å². The van der Waals surface area contributed by atoms with Crippen LogP contribution in [0.1, 0.15) is 11.1 Å². The lowest BCUT2D eigenvalue weighted by atomic mass is 10.0. The van der Waals surface area contributed by atoms with E-state index in [1.807, 2.05) is 6.07 Å². The van der Waals surface area contributed by atoms with Crippen LogP contribution in [0.25, 0.3) is 11.6 Å². The first-order chi connectivity index (χ1) is 9.54. The number of amides is 1. The zero-order valence-corrected chi connectivity index (χ0v) is 12.5. The molecule has 0 saturated heterocycles. The van der Waals surface area contributed by atoms with Gasteiger partial charge in [0.2, 0.25) is 0 Å². The van der Waals surface area contributed by atoms with Crippen molar-refractivity contribution in [3.05, 3.63) is 57.0 Å². The van der Waals surface area contributed by atoms with E-state index < -0.39 is 0 Å². The summed E-state index contributed by atoms with van der Waals surface area (Å²) in [5, 5.41) is 12.8. The third-order valence-corrected chi connectivity index (χ3v) is 3.92. The van der Waals surface area contributed by atoms with Crippen LogP contribution in [0.2, 0.25) is 5.02 Å². The van der Waals surface area contributed by atoms with Crippen LogP contribution in [-0.2, 0) is 4.79 Å². The Labute approximate surface area is 129 Å². The molecule has 0 radical (unpaired) electrons. The molecule has 2 N–H and O–H groups in total. The van der Waals surface area contributed by atoms with Crippen molar-refractivity contribution in [1.29, 1.82) is 0 Å². The van der Waals surface area contributed by atoms with Gasteiger partial charge in [-0.1, -0.05) is 23.7 Å². The fraction of sp³-hybridized carbons (Fsp3) is 0. The Morgan fingerprint density at radius 3 is 2.75 bits per heavy atom. The van der Waals surface area contributed by atoms with Gasteiger partial charge in [0.1, 0.15) is 5.75 Å². The summed E-state index contributed by atoms with van der Waals surface area (Å²) in [5.74, 6) is 0.00155.